The number of hydrogen-bond donors (Lipinski definition) is 0. The summed E-state index contributed by atoms with van der Waals surface area (Å²) in [6.07, 6.45) is 1.52. The third kappa shape index (κ3) is 3.05. The Morgan fingerprint density at radius 2 is 2.11 bits per heavy atom. The van der Waals surface area contributed by atoms with Gasteiger partial charge in [-0.2, -0.15) is 5.10 Å². The molecule has 1 atom stereocenters. The summed E-state index contributed by atoms with van der Waals surface area (Å²) < 4.78 is 15.6. The molecular formula is C21H20FN3O2S. The molecule has 0 fully saturated rings. The molecule has 0 saturated heterocycles. The topological polar surface area (TPSA) is 55.2 Å². The number of benzene rings is 1. The molecule has 2 aromatic heterocycles. The van der Waals surface area contributed by atoms with Gasteiger partial charge in [0.05, 0.1) is 6.04 Å². The van der Waals surface area contributed by atoms with Gasteiger partial charge >= 0.3 is 0 Å². The SMILES string of the molecule is CC[C@H]1c2ccsc2CCN1C(=O)c1nn(-c2ccccc2F)c(C)cc1=O. The van der Waals surface area contributed by atoms with Gasteiger partial charge in [0, 0.05) is 23.2 Å². The van der Waals surface area contributed by atoms with Gasteiger partial charge in [-0.1, -0.05) is 19.1 Å². The van der Waals surface area contributed by atoms with E-state index < -0.39 is 17.2 Å². The molecule has 0 radical (unpaired) electrons. The number of thiophene rings is 1. The van der Waals surface area contributed by atoms with Crippen molar-refractivity contribution in [2.45, 2.75) is 32.7 Å². The lowest BCUT2D eigenvalue weighted by atomic mass is 9.97. The lowest BCUT2D eigenvalue weighted by molar-refractivity contribution is 0.0647. The van der Waals surface area contributed by atoms with Crippen LogP contribution in [0.1, 0.15) is 46.0 Å². The van der Waals surface area contributed by atoms with E-state index in [1.54, 1.807) is 41.4 Å². The molecule has 1 amide bonds. The van der Waals surface area contributed by atoms with Crippen LogP contribution in [0, 0.1) is 12.7 Å². The van der Waals surface area contributed by atoms with Crippen molar-refractivity contribution < 1.29 is 9.18 Å². The number of aromatic nitrogens is 2. The summed E-state index contributed by atoms with van der Waals surface area (Å²) in [5, 5.41) is 6.30. The van der Waals surface area contributed by atoms with Gasteiger partial charge < -0.3 is 4.90 Å². The van der Waals surface area contributed by atoms with E-state index in [1.807, 2.05) is 18.4 Å². The number of carbonyl (C=O) groups excluding carboxylic acids is 1. The highest BCUT2D eigenvalue weighted by molar-refractivity contribution is 7.10. The van der Waals surface area contributed by atoms with Crippen LogP contribution < -0.4 is 5.43 Å². The third-order valence-electron chi connectivity index (χ3n) is 5.13. The number of para-hydroxylation sites is 1. The van der Waals surface area contributed by atoms with Gasteiger partial charge in [0.2, 0.25) is 5.43 Å². The average molecular weight is 397 g/mol. The number of carbonyl (C=O) groups is 1. The second kappa shape index (κ2) is 7.31. The van der Waals surface area contributed by atoms with E-state index in [0.29, 0.717) is 12.2 Å². The molecule has 3 heterocycles. The van der Waals surface area contributed by atoms with E-state index in [1.165, 1.54) is 21.7 Å². The summed E-state index contributed by atoms with van der Waals surface area (Å²) in [5.74, 6) is -0.869. The summed E-state index contributed by atoms with van der Waals surface area (Å²) in [7, 11) is 0. The average Bonchev–Trinajstić information content (AvgIpc) is 3.16. The Labute approximate surface area is 166 Å². The minimum Gasteiger partial charge on any atom is -0.330 e. The minimum absolute atomic E-state index is 0.0769. The van der Waals surface area contributed by atoms with E-state index >= 15 is 0 Å². The number of rotatable bonds is 3. The van der Waals surface area contributed by atoms with Gasteiger partial charge in [-0.3, -0.25) is 9.59 Å². The summed E-state index contributed by atoms with van der Waals surface area (Å²) in [5.41, 5.74) is 1.21. The van der Waals surface area contributed by atoms with Gasteiger partial charge in [-0.15, -0.1) is 11.3 Å². The lowest BCUT2D eigenvalue weighted by Crippen LogP contribution is -2.42. The second-order valence-electron chi connectivity index (χ2n) is 6.83. The molecule has 28 heavy (non-hydrogen) atoms. The molecule has 0 saturated carbocycles. The standard InChI is InChI=1S/C21H20FN3O2S/c1-3-16-14-9-11-28-19(14)8-10-24(16)21(27)20-18(26)12-13(2)25(23-20)17-7-5-4-6-15(17)22/h4-7,9,11-12,16H,3,8,10H2,1-2H3/t16-/m0/s1. The second-order valence-corrected chi connectivity index (χ2v) is 7.83. The maximum Gasteiger partial charge on any atom is 0.278 e. The fraction of sp³-hybridized carbons (Fsp3) is 0.286. The van der Waals surface area contributed by atoms with E-state index in [9.17, 15) is 14.0 Å². The Kier molecular flexibility index (Phi) is 4.85. The van der Waals surface area contributed by atoms with Crippen LogP contribution >= 0.6 is 11.3 Å². The molecule has 0 bridgehead atoms. The van der Waals surface area contributed by atoms with Crippen molar-refractivity contribution in [3.63, 3.8) is 0 Å². The fourth-order valence-electron chi connectivity index (χ4n) is 3.78. The van der Waals surface area contributed by atoms with Crippen molar-refractivity contribution in [1.29, 1.82) is 0 Å². The first kappa shape index (κ1) is 18.6. The molecule has 144 valence electrons. The maximum atomic E-state index is 14.3. The molecule has 7 heteroatoms. The van der Waals surface area contributed by atoms with Gasteiger partial charge in [0.1, 0.15) is 11.5 Å². The quantitative estimate of drug-likeness (QED) is 0.674. The molecule has 1 aliphatic heterocycles. The van der Waals surface area contributed by atoms with Crippen molar-refractivity contribution >= 4 is 17.2 Å². The summed E-state index contributed by atoms with van der Waals surface area (Å²) in [6.45, 7) is 4.24. The normalized spacial score (nSPS) is 16.1. The number of aryl methyl sites for hydroxylation is 1. The molecule has 5 nitrogen and oxygen atoms in total. The van der Waals surface area contributed by atoms with E-state index in [-0.39, 0.29) is 17.4 Å². The predicted molar refractivity (Wildman–Crippen MR) is 107 cm³/mol. The van der Waals surface area contributed by atoms with Gasteiger partial charge in [-0.05, 0) is 48.9 Å². The van der Waals surface area contributed by atoms with Crippen LogP contribution in [0.15, 0.2) is 46.6 Å². The first-order valence-corrected chi connectivity index (χ1v) is 10.1. The van der Waals surface area contributed by atoms with Gasteiger partial charge in [-0.25, -0.2) is 9.07 Å². The highest BCUT2D eigenvalue weighted by Gasteiger charge is 2.33. The van der Waals surface area contributed by atoms with Crippen molar-refractivity contribution in [3.05, 3.63) is 79.6 Å². The zero-order chi connectivity index (χ0) is 19.8. The molecule has 0 N–H and O–H groups in total. The van der Waals surface area contributed by atoms with Crippen LogP contribution in [0.25, 0.3) is 5.69 Å². The lowest BCUT2D eigenvalue weighted by Gasteiger charge is -2.35. The Hall–Kier alpha value is -2.80. The van der Waals surface area contributed by atoms with Crippen molar-refractivity contribution in [2.75, 3.05) is 6.54 Å². The van der Waals surface area contributed by atoms with Crippen LogP contribution in [0.3, 0.4) is 0 Å². The van der Waals surface area contributed by atoms with Crippen molar-refractivity contribution in [1.82, 2.24) is 14.7 Å². The first-order chi connectivity index (χ1) is 13.5. The van der Waals surface area contributed by atoms with Crippen molar-refractivity contribution in [3.8, 4) is 5.69 Å². The molecule has 0 spiro atoms. The molecular weight excluding hydrogens is 377 g/mol. The summed E-state index contributed by atoms with van der Waals surface area (Å²) >= 11 is 1.70. The fourth-order valence-corrected chi connectivity index (χ4v) is 4.71. The van der Waals surface area contributed by atoms with Gasteiger partial charge in [0.15, 0.2) is 5.69 Å². The molecule has 0 unspecified atom stereocenters. The molecule has 4 rings (SSSR count). The number of fused-ring (bicyclic) bond motifs is 1. The summed E-state index contributed by atoms with van der Waals surface area (Å²) in [4.78, 5) is 28.8. The highest BCUT2D eigenvalue weighted by Crippen LogP contribution is 2.35. The zero-order valence-electron chi connectivity index (χ0n) is 15.7. The predicted octanol–water partition coefficient (Wildman–Crippen LogP) is 3.89. The number of nitrogens with zero attached hydrogens (tertiary/aromatic N) is 3. The monoisotopic (exact) mass is 397 g/mol. The minimum atomic E-state index is -0.465. The maximum absolute atomic E-state index is 14.3. The Bertz CT molecular complexity index is 1110. The zero-order valence-corrected chi connectivity index (χ0v) is 16.5. The van der Waals surface area contributed by atoms with Crippen LogP contribution in [-0.4, -0.2) is 27.1 Å². The molecule has 1 aliphatic rings. The Morgan fingerprint density at radius 1 is 1.32 bits per heavy atom. The molecule has 0 aliphatic carbocycles. The van der Waals surface area contributed by atoms with Crippen molar-refractivity contribution in [2.24, 2.45) is 0 Å². The Morgan fingerprint density at radius 3 is 2.86 bits per heavy atom. The first-order valence-electron chi connectivity index (χ1n) is 9.24. The molecule has 3 aromatic rings. The van der Waals surface area contributed by atoms with Gasteiger partial charge in [0.25, 0.3) is 5.91 Å². The molecule has 1 aromatic carbocycles. The number of halogens is 1. The van der Waals surface area contributed by atoms with E-state index in [2.05, 4.69) is 5.10 Å². The van der Waals surface area contributed by atoms with Crippen LogP contribution in [0.5, 0.6) is 0 Å². The Balaban J connectivity index is 1.77. The van der Waals surface area contributed by atoms with Crippen LogP contribution in [-0.2, 0) is 6.42 Å². The number of amides is 1. The third-order valence-corrected chi connectivity index (χ3v) is 6.13. The largest absolute Gasteiger partial charge is 0.330 e. The summed E-state index contributed by atoms with van der Waals surface area (Å²) in [6, 6.07) is 9.48. The van der Waals surface area contributed by atoms with E-state index in [4.69, 9.17) is 0 Å². The van der Waals surface area contributed by atoms with Crippen LogP contribution in [0.2, 0.25) is 0 Å². The number of hydrogen-bond acceptors (Lipinski definition) is 4. The van der Waals surface area contributed by atoms with Crippen LogP contribution in [0.4, 0.5) is 4.39 Å². The highest BCUT2D eigenvalue weighted by atomic mass is 32.1. The van der Waals surface area contributed by atoms with E-state index in [0.717, 1.165) is 18.4 Å². The smallest absolute Gasteiger partial charge is 0.278 e.